The van der Waals surface area contributed by atoms with Gasteiger partial charge in [-0.2, -0.15) is 0 Å². The van der Waals surface area contributed by atoms with Crippen molar-refractivity contribution in [3.63, 3.8) is 0 Å². The number of nitrogens with zero attached hydrogens (tertiary/aromatic N) is 2. The predicted octanol–water partition coefficient (Wildman–Crippen LogP) is 5.96. The largest absolute Gasteiger partial charge is 0.355 e. The molecule has 0 spiro atoms. The third-order valence-electron chi connectivity index (χ3n) is 5.66. The fraction of sp³-hybridized carbons (Fsp3) is 0.346. The predicted molar refractivity (Wildman–Crippen MR) is 129 cm³/mol. The van der Waals surface area contributed by atoms with Crippen LogP contribution < -0.4 is 5.32 Å². The summed E-state index contributed by atoms with van der Waals surface area (Å²) in [5, 5.41) is 4.96. The Labute approximate surface area is 188 Å². The summed E-state index contributed by atoms with van der Waals surface area (Å²) in [5.41, 5.74) is 4.63. The van der Waals surface area contributed by atoms with Crippen molar-refractivity contribution in [3.05, 3.63) is 65.7 Å². The van der Waals surface area contributed by atoms with E-state index in [1.807, 2.05) is 30.3 Å². The highest BCUT2D eigenvalue weighted by molar-refractivity contribution is 8.00. The second-order valence-corrected chi connectivity index (χ2v) is 8.88. The molecule has 31 heavy (non-hydrogen) atoms. The smallest absolute Gasteiger partial charge is 0.230 e. The zero-order chi connectivity index (χ0) is 21.5. The molecule has 4 rings (SSSR count). The SMILES string of the molecule is CCc1ccc2nc(-c3ccccc3)nc(SCC(=O)NCCC3=CCCCC3)c2c1. The number of aromatic nitrogens is 2. The summed E-state index contributed by atoms with van der Waals surface area (Å²) < 4.78 is 0. The van der Waals surface area contributed by atoms with Gasteiger partial charge in [0.05, 0.1) is 11.3 Å². The number of hydrogen-bond donors (Lipinski definition) is 1. The number of fused-ring (bicyclic) bond motifs is 1. The highest BCUT2D eigenvalue weighted by atomic mass is 32.2. The fourth-order valence-corrected chi connectivity index (χ4v) is 4.71. The summed E-state index contributed by atoms with van der Waals surface area (Å²) >= 11 is 1.49. The average molecular weight is 432 g/mol. The lowest BCUT2D eigenvalue weighted by molar-refractivity contribution is -0.118. The first-order valence-corrected chi connectivity index (χ1v) is 12.1. The monoisotopic (exact) mass is 431 g/mol. The van der Waals surface area contributed by atoms with Gasteiger partial charge in [-0.3, -0.25) is 4.79 Å². The molecule has 0 fully saturated rings. The molecule has 160 valence electrons. The van der Waals surface area contributed by atoms with Gasteiger partial charge >= 0.3 is 0 Å². The zero-order valence-corrected chi connectivity index (χ0v) is 18.9. The molecule has 2 aromatic carbocycles. The Bertz CT molecular complexity index is 1080. The number of carbonyl (C=O) groups is 1. The Kier molecular flexibility index (Phi) is 7.36. The van der Waals surface area contributed by atoms with E-state index in [0.29, 0.717) is 18.1 Å². The lowest BCUT2D eigenvalue weighted by Gasteiger charge is -2.13. The molecule has 4 nitrogen and oxygen atoms in total. The topological polar surface area (TPSA) is 54.9 Å². The van der Waals surface area contributed by atoms with Crippen molar-refractivity contribution < 1.29 is 4.79 Å². The molecule has 1 N–H and O–H groups in total. The highest BCUT2D eigenvalue weighted by Crippen LogP contribution is 2.29. The van der Waals surface area contributed by atoms with E-state index in [1.165, 1.54) is 48.6 Å². The van der Waals surface area contributed by atoms with Gasteiger partial charge in [0, 0.05) is 17.5 Å². The number of benzene rings is 2. The molecule has 1 heterocycles. The lowest BCUT2D eigenvalue weighted by Crippen LogP contribution is -2.26. The lowest BCUT2D eigenvalue weighted by atomic mass is 9.97. The van der Waals surface area contributed by atoms with Crippen LogP contribution >= 0.6 is 11.8 Å². The number of allylic oxidation sites excluding steroid dienone is 1. The van der Waals surface area contributed by atoms with Crippen molar-refractivity contribution in [2.24, 2.45) is 0 Å². The molecule has 1 amide bonds. The minimum absolute atomic E-state index is 0.0566. The molecular weight excluding hydrogens is 402 g/mol. The summed E-state index contributed by atoms with van der Waals surface area (Å²) in [4.78, 5) is 22.1. The second kappa shape index (κ2) is 10.6. The van der Waals surface area contributed by atoms with Crippen molar-refractivity contribution in [1.29, 1.82) is 0 Å². The quantitative estimate of drug-likeness (QED) is 0.272. The summed E-state index contributed by atoms with van der Waals surface area (Å²) in [5.74, 6) is 1.11. The maximum Gasteiger partial charge on any atom is 0.230 e. The van der Waals surface area contributed by atoms with Gasteiger partial charge in [0.2, 0.25) is 5.91 Å². The third kappa shape index (κ3) is 5.73. The maximum absolute atomic E-state index is 12.5. The fourth-order valence-electron chi connectivity index (χ4n) is 3.87. The van der Waals surface area contributed by atoms with Crippen LogP contribution in [0.5, 0.6) is 0 Å². The van der Waals surface area contributed by atoms with Crippen molar-refractivity contribution >= 4 is 28.6 Å². The number of rotatable bonds is 8. The number of hydrogen-bond acceptors (Lipinski definition) is 4. The first-order valence-electron chi connectivity index (χ1n) is 11.2. The molecule has 0 bridgehead atoms. The second-order valence-electron chi connectivity index (χ2n) is 7.92. The van der Waals surface area contributed by atoms with E-state index in [2.05, 4.69) is 36.5 Å². The first kappa shape index (κ1) is 21.6. The van der Waals surface area contributed by atoms with Crippen LogP contribution in [0.3, 0.4) is 0 Å². The summed E-state index contributed by atoms with van der Waals surface area (Å²) in [6.07, 6.45) is 9.20. The molecule has 0 unspecified atom stereocenters. The van der Waals surface area contributed by atoms with Crippen molar-refractivity contribution in [2.45, 2.75) is 50.5 Å². The minimum Gasteiger partial charge on any atom is -0.355 e. The molecule has 3 aromatic rings. The maximum atomic E-state index is 12.5. The Morgan fingerprint density at radius 2 is 1.97 bits per heavy atom. The van der Waals surface area contributed by atoms with Gasteiger partial charge in [0.15, 0.2) is 5.82 Å². The Morgan fingerprint density at radius 1 is 1.10 bits per heavy atom. The van der Waals surface area contributed by atoms with Gasteiger partial charge < -0.3 is 5.32 Å². The van der Waals surface area contributed by atoms with Crippen LogP contribution in [0.15, 0.2) is 65.2 Å². The van der Waals surface area contributed by atoms with E-state index < -0.39 is 0 Å². The Morgan fingerprint density at radius 3 is 2.74 bits per heavy atom. The number of thioether (sulfide) groups is 1. The third-order valence-corrected chi connectivity index (χ3v) is 6.65. The van der Waals surface area contributed by atoms with Crippen molar-refractivity contribution in [2.75, 3.05) is 12.3 Å². The van der Waals surface area contributed by atoms with Crippen LogP contribution in [0.4, 0.5) is 0 Å². The summed E-state index contributed by atoms with van der Waals surface area (Å²) in [7, 11) is 0. The van der Waals surface area contributed by atoms with E-state index in [1.54, 1.807) is 0 Å². The van der Waals surface area contributed by atoms with Crippen LogP contribution in [-0.4, -0.2) is 28.2 Å². The average Bonchev–Trinajstić information content (AvgIpc) is 2.83. The van der Waals surface area contributed by atoms with Gasteiger partial charge in [0.1, 0.15) is 5.03 Å². The van der Waals surface area contributed by atoms with E-state index in [-0.39, 0.29) is 5.91 Å². The molecular formula is C26H29N3OS. The number of nitrogens with one attached hydrogen (secondary N) is 1. The molecule has 1 aliphatic carbocycles. The first-order chi connectivity index (χ1) is 15.2. The van der Waals surface area contributed by atoms with Crippen molar-refractivity contribution in [3.8, 4) is 11.4 Å². The molecule has 0 radical (unpaired) electrons. The molecule has 0 atom stereocenters. The van der Waals surface area contributed by atoms with Gasteiger partial charge in [0.25, 0.3) is 0 Å². The zero-order valence-electron chi connectivity index (χ0n) is 18.1. The van der Waals surface area contributed by atoms with Crippen LogP contribution in [-0.2, 0) is 11.2 Å². The van der Waals surface area contributed by atoms with E-state index in [0.717, 1.165) is 34.3 Å². The van der Waals surface area contributed by atoms with Gasteiger partial charge in [-0.05, 0) is 56.2 Å². The standard InChI is InChI=1S/C26H29N3OS/c1-2-19-13-14-23-22(17-19)26(29-25(28-23)21-11-7-4-8-12-21)31-18-24(30)27-16-15-20-9-5-3-6-10-20/h4,7-9,11-14,17H,2-3,5-6,10,15-16,18H2,1H3,(H,27,30). The molecule has 1 aliphatic rings. The van der Waals surface area contributed by atoms with Crippen molar-refractivity contribution in [1.82, 2.24) is 15.3 Å². The molecule has 0 saturated heterocycles. The highest BCUT2D eigenvalue weighted by Gasteiger charge is 2.13. The van der Waals surface area contributed by atoms with E-state index >= 15 is 0 Å². The molecule has 1 aromatic heterocycles. The number of amides is 1. The molecule has 0 aliphatic heterocycles. The van der Waals surface area contributed by atoms with Gasteiger partial charge in [-0.1, -0.05) is 66.7 Å². The molecule has 0 saturated carbocycles. The normalized spacial score (nSPS) is 13.8. The van der Waals surface area contributed by atoms with E-state index in [4.69, 9.17) is 9.97 Å². The van der Waals surface area contributed by atoms with Crippen LogP contribution in [0.2, 0.25) is 0 Å². The number of aryl methyl sites for hydroxylation is 1. The van der Waals surface area contributed by atoms with Gasteiger partial charge in [-0.15, -0.1) is 0 Å². The van der Waals surface area contributed by atoms with Gasteiger partial charge in [-0.25, -0.2) is 9.97 Å². The summed E-state index contributed by atoms with van der Waals surface area (Å²) in [6.45, 7) is 2.85. The Hall–Kier alpha value is -2.66. The molecule has 5 heteroatoms. The van der Waals surface area contributed by atoms with Crippen LogP contribution in [0.1, 0.15) is 44.6 Å². The number of carbonyl (C=O) groups excluding carboxylic acids is 1. The van der Waals surface area contributed by atoms with Crippen LogP contribution in [0.25, 0.3) is 22.3 Å². The summed E-state index contributed by atoms with van der Waals surface area (Å²) in [6, 6.07) is 16.3. The van der Waals surface area contributed by atoms with E-state index in [9.17, 15) is 4.79 Å². The minimum atomic E-state index is 0.0566. The van der Waals surface area contributed by atoms with Crippen LogP contribution in [0, 0.1) is 0 Å². The Balaban J connectivity index is 1.48.